The number of aliphatic hydroxyl groups is 4. The summed E-state index contributed by atoms with van der Waals surface area (Å²) in [6.45, 7) is 11.3. The lowest BCUT2D eigenvalue weighted by atomic mass is 9.78. The molecular formula is C46H62N2O10. The molecular weight excluding hydrogens is 741 g/mol. The summed E-state index contributed by atoms with van der Waals surface area (Å²) in [6.07, 6.45) is 28.8. The van der Waals surface area contributed by atoms with Crippen LogP contribution in [0.5, 0.6) is 0 Å². The standard InChI is InChI=1S/C46H62N2O10/c1-7-16-41-47-35(29-55-41)43(53)58-40(46(5,6)38(52)21-11-13-26-50)23-15-19-34-28-33(34)17-8-9-24-42-48-36(30-56-42)44(54)57-39(22-14-18-32-27-31(32)2)45(3,4)37(51)20-10-12-25-49/h7-11,14-21,24,29-34,37-40,49-52H,12-13,22-23,25-28H2,1-6H3/b16-7-,17-8+,18-14-,19-15-,20-10+,21-11+,24-9-/t31-,32+,33+,34?,37+,38+,39+,40+/m1/s1. The van der Waals surface area contributed by atoms with Crippen LogP contribution < -0.4 is 0 Å². The number of carbonyl (C=O) groups is 2. The highest BCUT2D eigenvalue weighted by Gasteiger charge is 2.40. The monoisotopic (exact) mass is 802 g/mol. The SMILES string of the molecule is C/C=C\c1nc(C(=O)O[C@@H](C/C=C\C2C[C@@H]2/C=C/C=C\c2nc(C(=O)O[C@@H](C/C=C\[C@H]3C[C@H]3C)C(C)(C)[C@@H](O)/C=C/CCO)co2)C(C)(C)[C@@H](O)/C=C/CCO)co1. The maximum absolute atomic E-state index is 13.2. The van der Waals surface area contributed by atoms with Crippen LogP contribution in [0.15, 0.2) is 94.3 Å². The highest BCUT2D eigenvalue weighted by molar-refractivity contribution is 5.87. The fourth-order valence-corrected chi connectivity index (χ4v) is 6.32. The molecule has 2 fully saturated rings. The van der Waals surface area contributed by atoms with Crippen LogP contribution in [0, 0.1) is 34.5 Å². The minimum absolute atomic E-state index is 0.0202. The Hall–Kier alpha value is -4.62. The van der Waals surface area contributed by atoms with Gasteiger partial charge in [-0.15, -0.1) is 0 Å². The van der Waals surface area contributed by atoms with Crippen LogP contribution >= 0.6 is 0 Å². The van der Waals surface area contributed by atoms with Crippen molar-refractivity contribution in [1.29, 1.82) is 0 Å². The van der Waals surface area contributed by atoms with E-state index < -0.39 is 47.2 Å². The predicted molar refractivity (Wildman–Crippen MR) is 222 cm³/mol. The van der Waals surface area contributed by atoms with E-state index in [0.717, 1.165) is 12.8 Å². The molecule has 2 aromatic heterocycles. The topological polar surface area (TPSA) is 186 Å². The third kappa shape index (κ3) is 13.8. The molecule has 0 spiro atoms. The lowest BCUT2D eigenvalue weighted by Gasteiger charge is -2.36. The van der Waals surface area contributed by atoms with Crippen molar-refractivity contribution in [2.75, 3.05) is 13.2 Å². The number of nitrogens with zero attached hydrogens (tertiary/aromatic N) is 2. The van der Waals surface area contributed by atoms with E-state index in [9.17, 15) is 19.8 Å². The fourth-order valence-electron chi connectivity index (χ4n) is 6.32. The maximum atomic E-state index is 13.2. The molecule has 2 aromatic rings. The summed E-state index contributed by atoms with van der Waals surface area (Å²) < 4.78 is 22.7. The molecule has 2 aliphatic carbocycles. The van der Waals surface area contributed by atoms with Gasteiger partial charge in [-0.3, -0.25) is 0 Å². The summed E-state index contributed by atoms with van der Waals surface area (Å²) in [5, 5.41) is 40.2. The number of aromatic nitrogens is 2. The van der Waals surface area contributed by atoms with Crippen LogP contribution in [0.2, 0.25) is 0 Å². The minimum atomic E-state index is -0.938. The first-order valence-corrected chi connectivity index (χ1v) is 20.3. The van der Waals surface area contributed by atoms with Crippen molar-refractivity contribution in [3.8, 4) is 0 Å². The molecule has 12 heteroatoms. The highest BCUT2D eigenvalue weighted by atomic mass is 16.6. The maximum Gasteiger partial charge on any atom is 0.360 e. The first-order valence-electron chi connectivity index (χ1n) is 20.3. The number of hydrogen-bond donors (Lipinski definition) is 4. The Morgan fingerprint density at radius 3 is 1.67 bits per heavy atom. The van der Waals surface area contributed by atoms with E-state index in [4.69, 9.17) is 28.5 Å². The molecule has 0 aliphatic heterocycles. The van der Waals surface area contributed by atoms with E-state index in [1.165, 1.54) is 12.5 Å². The molecule has 0 amide bonds. The summed E-state index contributed by atoms with van der Waals surface area (Å²) in [6, 6.07) is 0. The molecule has 4 N–H and O–H groups in total. The van der Waals surface area contributed by atoms with E-state index in [1.54, 1.807) is 48.6 Å². The number of hydrogen-bond acceptors (Lipinski definition) is 12. The van der Waals surface area contributed by atoms with Crippen molar-refractivity contribution < 1.29 is 48.3 Å². The molecule has 316 valence electrons. The van der Waals surface area contributed by atoms with Crippen molar-refractivity contribution in [2.24, 2.45) is 34.5 Å². The largest absolute Gasteiger partial charge is 0.457 e. The predicted octanol–water partition coefficient (Wildman–Crippen LogP) is 7.85. The second-order valence-electron chi connectivity index (χ2n) is 16.4. The van der Waals surface area contributed by atoms with E-state index in [2.05, 4.69) is 35.1 Å². The first-order chi connectivity index (χ1) is 27.7. The summed E-state index contributed by atoms with van der Waals surface area (Å²) in [5.41, 5.74) is -1.62. The molecule has 2 heterocycles. The van der Waals surface area contributed by atoms with Crippen LogP contribution in [-0.4, -0.2) is 80.0 Å². The quantitative estimate of drug-likeness (QED) is 0.0458. The van der Waals surface area contributed by atoms with Crippen LogP contribution in [0.1, 0.15) is 113 Å². The molecule has 2 aliphatic rings. The second-order valence-corrected chi connectivity index (χ2v) is 16.4. The zero-order valence-corrected chi connectivity index (χ0v) is 34.6. The normalized spacial score (nSPS) is 22.3. The molecule has 0 saturated heterocycles. The smallest absolute Gasteiger partial charge is 0.360 e. The Balaban J connectivity index is 1.33. The van der Waals surface area contributed by atoms with Crippen molar-refractivity contribution in [3.63, 3.8) is 0 Å². The van der Waals surface area contributed by atoms with Gasteiger partial charge < -0.3 is 38.7 Å². The summed E-state index contributed by atoms with van der Waals surface area (Å²) in [7, 11) is 0. The van der Waals surface area contributed by atoms with Crippen molar-refractivity contribution >= 4 is 24.1 Å². The molecule has 58 heavy (non-hydrogen) atoms. The summed E-state index contributed by atoms with van der Waals surface area (Å²) in [5.74, 6) is 1.02. The number of carbonyl (C=O) groups excluding carboxylic acids is 2. The van der Waals surface area contributed by atoms with E-state index >= 15 is 0 Å². The Morgan fingerprint density at radius 1 is 0.741 bits per heavy atom. The molecule has 8 atom stereocenters. The lowest BCUT2D eigenvalue weighted by molar-refractivity contribution is -0.0462. The third-order valence-corrected chi connectivity index (χ3v) is 10.9. The Kier molecular flexibility index (Phi) is 17.4. The number of esters is 2. The van der Waals surface area contributed by atoms with Gasteiger partial charge >= 0.3 is 11.9 Å². The average molecular weight is 803 g/mol. The van der Waals surface area contributed by atoms with Crippen molar-refractivity contribution in [2.45, 2.75) is 104 Å². The van der Waals surface area contributed by atoms with Gasteiger partial charge in [0.1, 0.15) is 24.7 Å². The van der Waals surface area contributed by atoms with Crippen LogP contribution in [0.3, 0.4) is 0 Å². The Labute approximate surface area is 342 Å². The van der Waals surface area contributed by atoms with Gasteiger partial charge in [-0.25, -0.2) is 19.6 Å². The molecule has 4 rings (SSSR count). The lowest BCUT2D eigenvalue weighted by Crippen LogP contribution is -2.42. The minimum Gasteiger partial charge on any atom is -0.457 e. The summed E-state index contributed by atoms with van der Waals surface area (Å²) in [4.78, 5) is 34.8. The zero-order valence-electron chi connectivity index (χ0n) is 34.6. The van der Waals surface area contributed by atoms with Crippen molar-refractivity contribution in [3.05, 3.63) is 109 Å². The Morgan fingerprint density at radius 2 is 1.21 bits per heavy atom. The first kappa shape index (κ1) is 46.1. The Bertz CT molecular complexity index is 1830. The van der Waals surface area contributed by atoms with Gasteiger partial charge in [0.15, 0.2) is 11.4 Å². The molecule has 12 nitrogen and oxygen atoms in total. The van der Waals surface area contributed by atoms with Gasteiger partial charge in [-0.2, -0.15) is 0 Å². The van der Waals surface area contributed by atoms with Crippen molar-refractivity contribution in [1.82, 2.24) is 9.97 Å². The van der Waals surface area contributed by atoms with Gasteiger partial charge in [-0.1, -0.05) is 108 Å². The van der Waals surface area contributed by atoms with E-state index in [-0.39, 0.29) is 30.5 Å². The van der Waals surface area contributed by atoms with Crippen LogP contribution in [0.4, 0.5) is 0 Å². The molecule has 2 saturated carbocycles. The van der Waals surface area contributed by atoms with Crippen LogP contribution in [-0.2, 0) is 9.47 Å². The van der Waals surface area contributed by atoms with E-state index in [0.29, 0.717) is 55.2 Å². The van der Waals surface area contributed by atoms with Gasteiger partial charge in [0, 0.05) is 43.0 Å². The second kappa shape index (κ2) is 21.9. The molecule has 0 aromatic carbocycles. The van der Waals surface area contributed by atoms with E-state index in [1.807, 2.05) is 52.8 Å². The molecule has 1 unspecified atom stereocenters. The number of rotatable bonds is 24. The van der Waals surface area contributed by atoms with Gasteiger partial charge in [-0.05, 0) is 62.4 Å². The summed E-state index contributed by atoms with van der Waals surface area (Å²) >= 11 is 0. The number of oxazole rings is 2. The van der Waals surface area contributed by atoms with Gasteiger partial charge in [0.25, 0.3) is 0 Å². The average Bonchev–Trinajstić information content (AvgIpc) is 3.94. The number of allylic oxidation sites excluding steroid dienone is 6. The third-order valence-electron chi connectivity index (χ3n) is 10.9. The van der Waals surface area contributed by atoms with Gasteiger partial charge in [0.2, 0.25) is 11.8 Å². The fraction of sp³-hybridized carbons (Fsp3) is 0.522. The number of ether oxygens (including phenoxy) is 2. The zero-order chi connectivity index (χ0) is 42.3. The number of aliphatic hydroxyl groups excluding tert-OH is 4. The van der Waals surface area contributed by atoms with Crippen LogP contribution in [0.25, 0.3) is 12.2 Å². The highest BCUT2D eigenvalue weighted by Crippen LogP contribution is 2.42. The molecule has 0 radical (unpaired) electrons. The van der Waals surface area contributed by atoms with Gasteiger partial charge in [0.05, 0.1) is 12.2 Å². The molecule has 0 bridgehead atoms.